The molecule has 0 bridgehead atoms. The fraction of sp³-hybridized carbons (Fsp3) is 0.160. The lowest BCUT2D eigenvalue weighted by Crippen LogP contribution is -2.21. The van der Waals surface area contributed by atoms with Gasteiger partial charge in [0.25, 0.3) is 5.91 Å². The Labute approximate surface area is 224 Å². The molecule has 13 heteroatoms. The maximum Gasteiger partial charge on any atom is 0.490 e. The molecule has 3 aromatic rings. The molecule has 1 saturated heterocycles. The fourth-order valence-electron chi connectivity index (χ4n) is 2.89. The molecule has 1 aliphatic heterocycles. The van der Waals surface area contributed by atoms with Gasteiger partial charge in [-0.05, 0) is 59.8 Å². The van der Waals surface area contributed by atoms with E-state index in [2.05, 4.69) is 20.6 Å². The van der Waals surface area contributed by atoms with E-state index in [4.69, 9.17) is 21.5 Å². The van der Waals surface area contributed by atoms with Gasteiger partial charge >= 0.3 is 12.1 Å². The number of hydrogen-bond acceptors (Lipinski definition) is 6. The Bertz CT molecular complexity index is 1460. The van der Waals surface area contributed by atoms with Gasteiger partial charge in [0.2, 0.25) is 5.91 Å². The van der Waals surface area contributed by atoms with Crippen LogP contribution in [0.2, 0.25) is 5.02 Å². The predicted octanol–water partition coefficient (Wildman–Crippen LogP) is 6.01. The molecule has 2 heterocycles. The normalized spacial score (nSPS) is 15.4. The summed E-state index contributed by atoms with van der Waals surface area (Å²) in [6, 6.07) is 14.7. The maximum absolute atomic E-state index is 12.4. The number of rotatable bonds is 4. The number of carbonyl (C=O) groups excluding carboxylic acids is 2. The van der Waals surface area contributed by atoms with Crippen molar-refractivity contribution >= 4 is 74.7 Å². The van der Waals surface area contributed by atoms with Crippen LogP contribution in [0.15, 0.2) is 64.6 Å². The number of nitrogens with one attached hydrogen (secondary N) is 2. The number of benzene rings is 2. The minimum Gasteiger partial charge on any atom is -0.475 e. The number of carbonyl (C=O) groups is 3. The van der Waals surface area contributed by atoms with Crippen LogP contribution in [0.5, 0.6) is 0 Å². The molecular weight excluding hydrogens is 545 g/mol. The van der Waals surface area contributed by atoms with Crippen LogP contribution in [-0.2, 0) is 14.4 Å². The van der Waals surface area contributed by atoms with Crippen molar-refractivity contribution in [2.24, 2.45) is 10.9 Å². The Hall–Kier alpha value is -3.90. The summed E-state index contributed by atoms with van der Waals surface area (Å²) in [7, 11) is 0. The topological polar surface area (TPSA) is 121 Å². The molecule has 1 aliphatic rings. The van der Waals surface area contributed by atoms with E-state index in [1.165, 1.54) is 11.8 Å². The van der Waals surface area contributed by atoms with E-state index < -0.39 is 12.1 Å². The van der Waals surface area contributed by atoms with Crippen LogP contribution >= 0.6 is 23.4 Å². The quantitative estimate of drug-likeness (QED) is 0.334. The Morgan fingerprint density at radius 1 is 1.18 bits per heavy atom. The van der Waals surface area contributed by atoms with Gasteiger partial charge in [-0.1, -0.05) is 37.6 Å². The van der Waals surface area contributed by atoms with Crippen molar-refractivity contribution in [3.63, 3.8) is 0 Å². The molecule has 1 aromatic heterocycles. The first-order valence-corrected chi connectivity index (χ1v) is 12.1. The summed E-state index contributed by atoms with van der Waals surface area (Å²) in [4.78, 5) is 42.6. The second-order valence-electron chi connectivity index (χ2n) is 8.05. The number of fused-ring (bicyclic) bond motifs is 1. The average molecular weight is 565 g/mol. The van der Waals surface area contributed by atoms with E-state index in [0.29, 0.717) is 26.5 Å². The Balaban J connectivity index is 0.000000505. The SMILES string of the molecule is CC(C)C(=O)Nc1ccc(Cl)c(N=C2NC(=O)C(=Cc3ccc4ncccc4c3)S2)c1.O=C(O)C(F)(F)F. The number of alkyl halides is 3. The van der Waals surface area contributed by atoms with Crippen molar-refractivity contribution in [2.45, 2.75) is 20.0 Å². The number of anilines is 1. The van der Waals surface area contributed by atoms with Crippen LogP contribution in [-0.4, -0.2) is 39.2 Å². The lowest BCUT2D eigenvalue weighted by Gasteiger charge is -2.09. The molecule has 2 amide bonds. The molecule has 198 valence electrons. The molecule has 0 saturated carbocycles. The third-order valence-electron chi connectivity index (χ3n) is 4.78. The minimum atomic E-state index is -5.08. The van der Waals surface area contributed by atoms with E-state index in [1.807, 2.05) is 50.3 Å². The van der Waals surface area contributed by atoms with Crippen molar-refractivity contribution in [1.29, 1.82) is 0 Å². The van der Waals surface area contributed by atoms with Gasteiger partial charge in [-0.15, -0.1) is 0 Å². The van der Waals surface area contributed by atoms with Crippen LogP contribution in [0.1, 0.15) is 19.4 Å². The molecule has 0 spiro atoms. The Kier molecular flexibility index (Phi) is 9.13. The van der Waals surface area contributed by atoms with Crippen LogP contribution in [0, 0.1) is 5.92 Å². The number of carboxylic acids is 1. The molecular formula is C25H20ClF3N4O4S. The van der Waals surface area contributed by atoms with Gasteiger partial charge in [0.1, 0.15) is 0 Å². The van der Waals surface area contributed by atoms with Crippen LogP contribution < -0.4 is 10.6 Å². The van der Waals surface area contributed by atoms with E-state index in [0.717, 1.165) is 16.5 Å². The Morgan fingerprint density at radius 3 is 2.55 bits per heavy atom. The smallest absolute Gasteiger partial charge is 0.475 e. The highest BCUT2D eigenvalue weighted by molar-refractivity contribution is 8.18. The number of aliphatic imine (C=N–C) groups is 1. The van der Waals surface area contributed by atoms with E-state index in [-0.39, 0.29) is 17.7 Å². The minimum absolute atomic E-state index is 0.0970. The van der Waals surface area contributed by atoms with Gasteiger partial charge in [0.15, 0.2) is 5.17 Å². The van der Waals surface area contributed by atoms with Crippen LogP contribution in [0.4, 0.5) is 24.5 Å². The predicted molar refractivity (Wildman–Crippen MR) is 141 cm³/mol. The number of nitrogens with zero attached hydrogens (tertiary/aromatic N) is 2. The largest absolute Gasteiger partial charge is 0.490 e. The number of hydrogen-bond donors (Lipinski definition) is 3. The number of thioether (sulfide) groups is 1. The molecule has 0 radical (unpaired) electrons. The van der Waals surface area contributed by atoms with Crippen molar-refractivity contribution in [3.05, 3.63) is 70.2 Å². The number of aliphatic carboxylic acids is 1. The number of carboxylic acid groups (broad SMARTS) is 1. The summed E-state index contributed by atoms with van der Waals surface area (Å²) in [5.41, 5.74) is 2.85. The zero-order valence-corrected chi connectivity index (χ0v) is 21.4. The van der Waals surface area contributed by atoms with Crippen molar-refractivity contribution in [3.8, 4) is 0 Å². The van der Waals surface area contributed by atoms with Crippen molar-refractivity contribution in [2.75, 3.05) is 5.32 Å². The molecule has 0 unspecified atom stereocenters. The summed E-state index contributed by atoms with van der Waals surface area (Å²) < 4.78 is 31.7. The first-order chi connectivity index (χ1) is 17.8. The zero-order chi connectivity index (χ0) is 28.0. The molecule has 3 N–H and O–H groups in total. The highest BCUT2D eigenvalue weighted by Gasteiger charge is 2.38. The monoisotopic (exact) mass is 564 g/mol. The van der Waals surface area contributed by atoms with Crippen molar-refractivity contribution in [1.82, 2.24) is 10.3 Å². The second-order valence-corrected chi connectivity index (χ2v) is 9.49. The number of halogens is 4. The standard InChI is InChI=1S/C23H19ClN4O2S.C2HF3O2/c1-13(2)21(29)26-16-6-7-17(24)19(12-16)27-23-28-22(30)20(31-23)11-14-5-8-18-15(10-14)4-3-9-25-18;3-2(4,5)1(6)7/h3-13H,1-2H3,(H,26,29)(H,27,28,30);(H,6,7). The molecule has 0 atom stereocenters. The highest BCUT2D eigenvalue weighted by Crippen LogP contribution is 2.33. The van der Waals surface area contributed by atoms with Crippen molar-refractivity contribution < 1.29 is 32.7 Å². The van der Waals surface area contributed by atoms with Crippen LogP contribution in [0.25, 0.3) is 17.0 Å². The molecule has 38 heavy (non-hydrogen) atoms. The van der Waals surface area contributed by atoms with Gasteiger partial charge in [-0.3, -0.25) is 14.6 Å². The van der Waals surface area contributed by atoms with E-state index in [1.54, 1.807) is 24.4 Å². The lowest BCUT2D eigenvalue weighted by atomic mass is 10.1. The summed E-state index contributed by atoms with van der Waals surface area (Å²) in [5.74, 6) is -3.23. The first-order valence-electron chi connectivity index (χ1n) is 10.9. The van der Waals surface area contributed by atoms with Gasteiger partial charge in [-0.2, -0.15) is 13.2 Å². The van der Waals surface area contributed by atoms with Crippen LogP contribution in [0.3, 0.4) is 0 Å². The third-order valence-corrected chi connectivity index (χ3v) is 6.01. The molecule has 2 aromatic carbocycles. The summed E-state index contributed by atoms with van der Waals surface area (Å²) in [5, 5.41) is 14.6. The molecule has 4 rings (SSSR count). The van der Waals surface area contributed by atoms with Gasteiger partial charge in [0.05, 0.1) is 21.1 Å². The van der Waals surface area contributed by atoms with E-state index >= 15 is 0 Å². The number of aromatic nitrogens is 1. The number of pyridine rings is 1. The summed E-state index contributed by atoms with van der Waals surface area (Å²) in [6.45, 7) is 3.63. The summed E-state index contributed by atoms with van der Waals surface area (Å²) in [6.07, 6.45) is -1.52. The lowest BCUT2D eigenvalue weighted by molar-refractivity contribution is -0.192. The summed E-state index contributed by atoms with van der Waals surface area (Å²) >= 11 is 7.51. The van der Waals surface area contributed by atoms with Gasteiger partial charge in [-0.25, -0.2) is 9.79 Å². The average Bonchev–Trinajstić information content (AvgIpc) is 3.19. The molecule has 8 nitrogen and oxygen atoms in total. The molecule has 1 fully saturated rings. The van der Waals surface area contributed by atoms with Gasteiger partial charge in [0, 0.05) is 23.2 Å². The number of amides is 2. The highest BCUT2D eigenvalue weighted by atomic mass is 35.5. The fourth-order valence-corrected chi connectivity index (χ4v) is 3.88. The maximum atomic E-state index is 12.4. The third kappa shape index (κ3) is 7.80. The molecule has 0 aliphatic carbocycles. The Morgan fingerprint density at radius 2 is 1.89 bits per heavy atom. The number of amidine groups is 1. The zero-order valence-electron chi connectivity index (χ0n) is 19.8. The van der Waals surface area contributed by atoms with E-state index in [9.17, 15) is 22.8 Å². The first kappa shape index (κ1) is 28.7. The van der Waals surface area contributed by atoms with Gasteiger partial charge < -0.3 is 15.7 Å². The second kappa shape index (κ2) is 12.1.